The van der Waals surface area contributed by atoms with Crippen molar-refractivity contribution in [1.29, 1.82) is 0 Å². The number of carbonyl (C=O) groups excluding carboxylic acids is 4. The van der Waals surface area contributed by atoms with Gasteiger partial charge in [-0.05, 0) is 69.8 Å². The number of aromatic carboxylic acids is 1. The maximum atomic E-state index is 14.6. The molecule has 14 heteroatoms. The van der Waals surface area contributed by atoms with Crippen LogP contribution in [0.5, 0.6) is 0 Å². The Morgan fingerprint density at radius 2 is 1.44 bits per heavy atom. The first kappa shape index (κ1) is 38.0. The van der Waals surface area contributed by atoms with Gasteiger partial charge >= 0.3 is 18.1 Å². The van der Waals surface area contributed by atoms with E-state index in [4.69, 9.17) is 4.74 Å². The van der Waals surface area contributed by atoms with Crippen LogP contribution in [0.2, 0.25) is 0 Å². The Morgan fingerprint density at radius 1 is 0.815 bits per heavy atom. The summed E-state index contributed by atoms with van der Waals surface area (Å²) in [6, 6.07) is 20.2. The van der Waals surface area contributed by atoms with Crippen molar-refractivity contribution in [3.05, 3.63) is 89.5 Å². The molecule has 3 aromatic rings. The fourth-order valence-corrected chi connectivity index (χ4v) is 6.62. The molecule has 0 spiro atoms. The number of anilines is 3. The highest BCUT2D eigenvalue weighted by molar-refractivity contribution is 6.44. The van der Waals surface area contributed by atoms with Gasteiger partial charge in [0, 0.05) is 76.3 Å². The van der Waals surface area contributed by atoms with Crippen molar-refractivity contribution < 1.29 is 33.8 Å². The summed E-state index contributed by atoms with van der Waals surface area (Å²) in [5, 5.41) is 13.3. The van der Waals surface area contributed by atoms with Gasteiger partial charge in [-0.2, -0.15) is 0 Å². The van der Waals surface area contributed by atoms with Crippen LogP contribution in [0.15, 0.2) is 72.8 Å². The number of hydrogen-bond acceptors (Lipinski definition) is 9. The molecule has 0 aliphatic carbocycles. The van der Waals surface area contributed by atoms with E-state index in [1.165, 1.54) is 21.9 Å². The molecule has 5 amide bonds. The van der Waals surface area contributed by atoms with Crippen LogP contribution in [-0.2, 0) is 14.3 Å². The zero-order chi connectivity index (χ0) is 38.7. The molecule has 2 fully saturated rings. The number of hydrogen-bond donors (Lipinski definition) is 2. The molecule has 0 atom stereocenters. The minimum Gasteiger partial charge on any atom is -0.478 e. The molecule has 6 rings (SSSR count). The van der Waals surface area contributed by atoms with Gasteiger partial charge in [-0.25, -0.2) is 19.3 Å². The monoisotopic (exact) mass is 737 g/mol. The van der Waals surface area contributed by atoms with E-state index in [0.29, 0.717) is 34.7 Å². The SMILES string of the molecule is CN1CCN(CC(=O)N(C)c2ccc(N/C(=C3\C(=O)N(C(=O)N4CCN(C(=O)OC(C)(C)C)CC4)c4cc(C(=O)O)ccc43)c3ccccc3)cc2)CC1. The number of benzene rings is 3. The second-order valence-corrected chi connectivity index (χ2v) is 14.7. The van der Waals surface area contributed by atoms with Gasteiger partial charge in [0.2, 0.25) is 5.91 Å². The number of likely N-dealkylation sites (N-methyl/N-ethyl adjacent to an activating group) is 2. The first-order chi connectivity index (χ1) is 25.7. The number of carboxylic acids is 1. The largest absolute Gasteiger partial charge is 0.478 e. The normalized spacial score (nSPS) is 17.6. The fourth-order valence-electron chi connectivity index (χ4n) is 6.62. The molecule has 0 unspecified atom stereocenters. The molecule has 54 heavy (non-hydrogen) atoms. The highest BCUT2D eigenvalue weighted by Gasteiger charge is 2.42. The Balaban J connectivity index is 1.29. The van der Waals surface area contributed by atoms with Crippen LogP contribution in [0, 0.1) is 0 Å². The van der Waals surface area contributed by atoms with Gasteiger partial charge in [-0.15, -0.1) is 0 Å². The minimum absolute atomic E-state index is 0.0164. The fraction of sp³-hybridized carbons (Fsp3) is 0.375. The molecule has 3 aliphatic rings. The lowest BCUT2D eigenvalue weighted by Crippen LogP contribution is -2.55. The van der Waals surface area contributed by atoms with Crippen LogP contribution in [0.4, 0.5) is 26.7 Å². The molecule has 0 radical (unpaired) electrons. The summed E-state index contributed by atoms with van der Waals surface area (Å²) in [5.74, 6) is -1.84. The molecule has 2 saturated heterocycles. The minimum atomic E-state index is -1.20. The average molecular weight is 738 g/mol. The van der Waals surface area contributed by atoms with E-state index in [1.54, 1.807) is 38.8 Å². The first-order valence-corrected chi connectivity index (χ1v) is 18.0. The average Bonchev–Trinajstić information content (AvgIpc) is 3.44. The lowest BCUT2D eigenvalue weighted by molar-refractivity contribution is -0.119. The van der Waals surface area contributed by atoms with Crippen molar-refractivity contribution >= 4 is 58.2 Å². The molecule has 0 aromatic heterocycles. The molecule has 0 bridgehead atoms. The van der Waals surface area contributed by atoms with Gasteiger partial charge in [-0.3, -0.25) is 14.5 Å². The number of carbonyl (C=O) groups is 5. The lowest BCUT2D eigenvalue weighted by Gasteiger charge is -2.36. The molecule has 14 nitrogen and oxygen atoms in total. The topological polar surface area (TPSA) is 146 Å². The maximum Gasteiger partial charge on any atom is 0.410 e. The summed E-state index contributed by atoms with van der Waals surface area (Å²) < 4.78 is 5.49. The standard InChI is InChI=1S/C40H47N7O7/c1-40(2,3)54-39(53)46-23-21-45(22-24-46)38(52)47-32-25-28(37(50)51)11-16-31(32)34(36(47)49)35(27-9-7-6-8-10-27)41-29-12-14-30(15-13-29)43(5)33(48)26-44-19-17-42(4)18-20-44/h6-16,25,41H,17-24,26H2,1-5H3,(H,50,51)/b35-34-. The Hall–Kier alpha value is -5.73. The van der Waals surface area contributed by atoms with E-state index in [0.717, 1.165) is 31.1 Å². The Kier molecular flexibility index (Phi) is 11.1. The zero-order valence-electron chi connectivity index (χ0n) is 31.4. The van der Waals surface area contributed by atoms with Gasteiger partial charge in [0.05, 0.1) is 29.1 Å². The Bertz CT molecular complexity index is 1940. The predicted molar refractivity (Wildman–Crippen MR) is 206 cm³/mol. The smallest absolute Gasteiger partial charge is 0.410 e. The zero-order valence-corrected chi connectivity index (χ0v) is 31.4. The quantitative estimate of drug-likeness (QED) is 0.330. The van der Waals surface area contributed by atoms with Crippen molar-refractivity contribution in [3.8, 4) is 0 Å². The van der Waals surface area contributed by atoms with Gasteiger partial charge in [0.25, 0.3) is 5.91 Å². The lowest BCUT2D eigenvalue weighted by atomic mass is 9.99. The molecule has 3 heterocycles. The number of nitrogens with zero attached hydrogens (tertiary/aromatic N) is 6. The Labute approximate surface area is 315 Å². The number of urea groups is 1. The number of carboxylic acid groups (broad SMARTS) is 1. The van der Waals surface area contributed by atoms with E-state index in [9.17, 15) is 29.1 Å². The number of nitrogens with one attached hydrogen (secondary N) is 1. The molecule has 3 aromatic carbocycles. The van der Waals surface area contributed by atoms with E-state index < -0.39 is 29.6 Å². The molecule has 2 N–H and O–H groups in total. The van der Waals surface area contributed by atoms with Crippen molar-refractivity contribution in [3.63, 3.8) is 0 Å². The molecule has 0 saturated carbocycles. The first-order valence-electron chi connectivity index (χ1n) is 18.0. The second kappa shape index (κ2) is 15.7. The van der Waals surface area contributed by atoms with Crippen molar-refractivity contribution in [1.82, 2.24) is 19.6 Å². The highest BCUT2D eigenvalue weighted by atomic mass is 16.6. The summed E-state index contributed by atoms with van der Waals surface area (Å²) in [6.07, 6.45) is -0.482. The summed E-state index contributed by atoms with van der Waals surface area (Å²) in [4.78, 5) is 76.7. The Morgan fingerprint density at radius 3 is 2.06 bits per heavy atom. The summed E-state index contributed by atoms with van der Waals surface area (Å²) in [7, 11) is 3.83. The van der Waals surface area contributed by atoms with E-state index in [1.807, 2.05) is 54.6 Å². The van der Waals surface area contributed by atoms with Crippen LogP contribution in [0.25, 0.3) is 11.3 Å². The number of amides is 5. The molecule has 284 valence electrons. The van der Waals surface area contributed by atoms with E-state index in [-0.39, 0.29) is 48.9 Å². The predicted octanol–water partition coefficient (Wildman–Crippen LogP) is 4.59. The number of imide groups is 1. The van der Waals surface area contributed by atoms with Crippen LogP contribution >= 0.6 is 0 Å². The number of ether oxygens (including phenoxy) is 1. The van der Waals surface area contributed by atoms with Gasteiger partial charge < -0.3 is 34.8 Å². The molecular weight excluding hydrogens is 690 g/mol. The van der Waals surface area contributed by atoms with E-state index in [2.05, 4.69) is 22.2 Å². The number of fused-ring (bicyclic) bond motifs is 1. The summed E-state index contributed by atoms with van der Waals surface area (Å²) in [5.41, 5.74) is 2.41. The van der Waals surface area contributed by atoms with Crippen LogP contribution in [0.3, 0.4) is 0 Å². The van der Waals surface area contributed by atoms with Gasteiger partial charge in [0.1, 0.15) is 5.60 Å². The van der Waals surface area contributed by atoms with Crippen molar-refractivity contribution in [2.45, 2.75) is 26.4 Å². The summed E-state index contributed by atoms with van der Waals surface area (Å²) >= 11 is 0. The third kappa shape index (κ3) is 8.40. The molecule has 3 aliphatic heterocycles. The van der Waals surface area contributed by atoms with E-state index >= 15 is 0 Å². The van der Waals surface area contributed by atoms with Crippen LogP contribution in [0.1, 0.15) is 42.3 Å². The third-order valence-electron chi connectivity index (χ3n) is 9.73. The number of rotatable bonds is 7. The molecular formula is C40H47N7O7. The van der Waals surface area contributed by atoms with Gasteiger partial charge in [0.15, 0.2) is 0 Å². The van der Waals surface area contributed by atoms with Crippen molar-refractivity contribution in [2.75, 3.05) is 88.1 Å². The second-order valence-electron chi connectivity index (χ2n) is 14.7. The van der Waals surface area contributed by atoms with Gasteiger partial charge in [-0.1, -0.05) is 36.4 Å². The highest BCUT2D eigenvalue weighted by Crippen LogP contribution is 2.42. The number of piperazine rings is 2. The van der Waals surface area contributed by atoms with Crippen molar-refractivity contribution in [2.24, 2.45) is 0 Å². The third-order valence-corrected chi connectivity index (χ3v) is 9.73. The van der Waals surface area contributed by atoms with Crippen LogP contribution < -0.4 is 15.1 Å². The van der Waals surface area contributed by atoms with Crippen LogP contribution in [-0.4, -0.2) is 133 Å². The maximum absolute atomic E-state index is 14.6. The summed E-state index contributed by atoms with van der Waals surface area (Å²) in [6.45, 7) is 9.89.